The molecule has 0 amide bonds. The fourth-order valence-corrected chi connectivity index (χ4v) is 4.24. The molecular formula is C18H19N7S. The van der Waals surface area contributed by atoms with E-state index in [1.165, 1.54) is 17.2 Å². The van der Waals surface area contributed by atoms with E-state index in [4.69, 9.17) is 0 Å². The Bertz CT molecular complexity index is 994. The Morgan fingerprint density at radius 2 is 2.19 bits per heavy atom. The zero-order valence-electron chi connectivity index (χ0n) is 14.2. The highest BCUT2D eigenvalue weighted by Gasteiger charge is 2.19. The molecule has 1 fully saturated rings. The molecule has 132 valence electrons. The number of allylic oxidation sites excluding steroid dienone is 1. The van der Waals surface area contributed by atoms with Gasteiger partial charge in [0, 0.05) is 29.5 Å². The lowest BCUT2D eigenvalue weighted by Crippen LogP contribution is -2.26. The SMILES string of the molecule is C1=NCC=C1c1cnn2c(Nc3cc(C4CCNCC4)ns3)ccnc12. The molecular weight excluding hydrogens is 346 g/mol. The summed E-state index contributed by atoms with van der Waals surface area (Å²) in [7, 11) is 0. The van der Waals surface area contributed by atoms with Crippen LogP contribution in [-0.4, -0.2) is 44.8 Å². The molecule has 2 aliphatic rings. The molecule has 3 aromatic rings. The average molecular weight is 365 g/mol. The summed E-state index contributed by atoms with van der Waals surface area (Å²) in [6, 6.07) is 4.11. The molecule has 0 aromatic carbocycles. The van der Waals surface area contributed by atoms with Crippen molar-refractivity contribution in [3.8, 4) is 0 Å². The minimum Gasteiger partial charge on any atom is -0.331 e. The maximum absolute atomic E-state index is 4.66. The summed E-state index contributed by atoms with van der Waals surface area (Å²) >= 11 is 1.50. The molecule has 0 unspecified atom stereocenters. The van der Waals surface area contributed by atoms with Gasteiger partial charge in [0.1, 0.15) is 10.8 Å². The zero-order valence-corrected chi connectivity index (χ0v) is 15.0. The van der Waals surface area contributed by atoms with Gasteiger partial charge in [-0.2, -0.15) is 14.0 Å². The van der Waals surface area contributed by atoms with Crippen molar-refractivity contribution in [1.29, 1.82) is 0 Å². The van der Waals surface area contributed by atoms with Crippen molar-refractivity contribution >= 4 is 39.8 Å². The van der Waals surface area contributed by atoms with E-state index in [1.807, 2.05) is 29.2 Å². The van der Waals surface area contributed by atoms with Gasteiger partial charge in [0.15, 0.2) is 5.65 Å². The predicted octanol–water partition coefficient (Wildman–Crippen LogP) is 2.86. The largest absolute Gasteiger partial charge is 0.331 e. The van der Waals surface area contributed by atoms with Crippen molar-refractivity contribution in [1.82, 2.24) is 24.3 Å². The number of rotatable bonds is 4. The number of piperidine rings is 1. The van der Waals surface area contributed by atoms with Gasteiger partial charge in [-0.15, -0.1) is 0 Å². The van der Waals surface area contributed by atoms with Crippen molar-refractivity contribution in [2.24, 2.45) is 4.99 Å². The monoisotopic (exact) mass is 365 g/mol. The van der Waals surface area contributed by atoms with Crippen LogP contribution in [0.5, 0.6) is 0 Å². The average Bonchev–Trinajstić information content (AvgIpc) is 3.43. The van der Waals surface area contributed by atoms with Crippen LogP contribution in [0.1, 0.15) is 30.0 Å². The Morgan fingerprint density at radius 3 is 3.04 bits per heavy atom. The van der Waals surface area contributed by atoms with Crippen LogP contribution in [-0.2, 0) is 0 Å². The predicted molar refractivity (Wildman–Crippen MR) is 105 cm³/mol. The lowest BCUT2D eigenvalue weighted by molar-refractivity contribution is 0.455. The summed E-state index contributed by atoms with van der Waals surface area (Å²) in [5.74, 6) is 1.45. The standard InChI is InChI=1S/C18H19N7S/c1-5-19-6-2-12(1)15-9-17(26-24-15)23-16-4-8-21-18-14(11-22-25(16)18)13-3-7-20-10-13/h3-4,8-12,19,23H,1-2,5-7H2. The number of hydrogen-bond donors (Lipinski definition) is 2. The van der Waals surface area contributed by atoms with Crippen LogP contribution in [0.4, 0.5) is 10.8 Å². The highest BCUT2D eigenvalue weighted by molar-refractivity contribution is 7.10. The van der Waals surface area contributed by atoms with Crippen LogP contribution in [0, 0.1) is 0 Å². The highest BCUT2D eigenvalue weighted by atomic mass is 32.1. The van der Waals surface area contributed by atoms with Gasteiger partial charge in [-0.25, -0.2) is 4.98 Å². The normalized spacial score (nSPS) is 17.8. The molecule has 0 saturated carbocycles. The van der Waals surface area contributed by atoms with Crippen molar-refractivity contribution < 1.29 is 0 Å². The van der Waals surface area contributed by atoms with Gasteiger partial charge in [0.25, 0.3) is 0 Å². The van der Waals surface area contributed by atoms with Crippen LogP contribution in [0.15, 0.2) is 35.6 Å². The van der Waals surface area contributed by atoms with E-state index in [0.29, 0.717) is 5.92 Å². The van der Waals surface area contributed by atoms with Crippen LogP contribution in [0.25, 0.3) is 11.2 Å². The molecule has 2 N–H and O–H groups in total. The maximum atomic E-state index is 4.66. The second kappa shape index (κ2) is 6.62. The van der Waals surface area contributed by atoms with Crippen molar-refractivity contribution in [2.75, 3.05) is 25.0 Å². The van der Waals surface area contributed by atoms with Crippen molar-refractivity contribution in [3.63, 3.8) is 0 Å². The number of aliphatic imine (C=N–C) groups is 1. The van der Waals surface area contributed by atoms with Gasteiger partial charge < -0.3 is 10.6 Å². The summed E-state index contributed by atoms with van der Waals surface area (Å²) in [6.45, 7) is 2.88. The van der Waals surface area contributed by atoms with Gasteiger partial charge in [0.05, 0.1) is 18.4 Å². The molecule has 0 radical (unpaired) electrons. The Kier molecular flexibility index (Phi) is 3.99. The second-order valence-corrected chi connectivity index (χ2v) is 7.35. The van der Waals surface area contributed by atoms with E-state index in [0.717, 1.165) is 60.1 Å². The summed E-state index contributed by atoms with van der Waals surface area (Å²) in [4.78, 5) is 8.76. The molecule has 0 spiro atoms. The number of anilines is 2. The molecule has 26 heavy (non-hydrogen) atoms. The lowest BCUT2D eigenvalue weighted by Gasteiger charge is -2.20. The van der Waals surface area contributed by atoms with Crippen LogP contribution >= 0.6 is 11.5 Å². The van der Waals surface area contributed by atoms with Crippen LogP contribution in [0.3, 0.4) is 0 Å². The van der Waals surface area contributed by atoms with Gasteiger partial charge in [-0.1, -0.05) is 6.08 Å². The molecule has 7 nitrogen and oxygen atoms in total. The van der Waals surface area contributed by atoms with Crippen LogP contribution in [0.2, 0.25) is 0 Å². The van der Waals surface area contributed by atoms with E-state index in [9.17, 15) is 0 Å². The summed E-state index contributed by atoms with van der Waals surface area (Å²) < 4.78 is 6.50. The second-order valence-electron chi connectivity index (χ2n) is 6.54. The van der Waals surface area contributed by atoms with Crippen LogP contribution < -0.4 is 10.6 Å². The first-order valence-electron chi connectivity index (χ1n) is 8.86. The first-order chi connectivity index (χ1) is 12.9. The molecule has 2 aliphatic heterocycles. The molecule has 8 heteroatoms. The quantitative estimate of drug-likeness (QED) is 0.743. The minimum atomic E-state index is 0.561. The van der Waals surface area contributed by atoms with Crippen molar-refractivity contribution in [2.45, 2.75) is 18.8 Å². The third-order valence-corrected chi connectivity index (χ3v) is 5.62. The van der Waals surface area contributed by atoms with E-state index in [2.05, 4.69) is 42.2 Å². The van der Waals surface area contributed by atoms with Crippen molar-refractivity contribution in [3.05, 3.63) is 41.9 Å². The van der Waals surface area contributed by atoms with Gasteiger partial charge in [-0.3, -0.25) is 4.99 Å². The Morgan fingerprint density at radius 1 is 1.27 bits per heavy atom. The Balaban J connectivity index is 1.43. The number of aromatic nitrogens is 4. The zero-order chi connectivity index (χ0) is 17.3. The topological polar surface area (TPSA) is 79.5 Å². The molecule has 5 heterocycles. The Labute approximate surface area is 155 Å². The molecule has 3 aromatic heterocycles. The van der Waals surface area contributed by atoms with E-state index in [-0.39, 0.29) is 0 Å². The van der Waals surface area contributed by atoms with Gasteiger partial charge in [-0.05, 0) is 49.6 Å². The van der Waals surface area contributed by atoms with E-state index < -0.39 is 0 Å². The van der Waals surface area contributed by atoms with Gasteiger partial charge >= 0.3 is 0 Å². The third kappa shape index (κ3) is 2.81. The number of nitrogens with one attached hydrogen (secondary N) is 2. The maximum Gasteiger partial charge on any atom is 0.165 e. The summed E-state index contributed by atoms with van der Waals surface area (Å²) in [6.07, 6.45) is 9.94. The smallest absolute Gasteiger partial charge is 0.165 e. The van der Waals surface area contributed by atoms with E-state index >= 15 is 0 Å². The van der Waals surface area contributed by atoms with Gasteiger partial charge in [0.2, 0.25) is 0 Å². The molecule has 0 atom stereocenters. The summed E-state index contributed by atoms with van der Waals surface area (Å²) in [5, 5.41) is 12.4. The van der Waals surface area contributed by atoms with E-state index in [1.54, 1.807) is 0 Å². The number of nitrogens with zero attached hydrogens (tertiary/aromatic N) is 5. The molecule has 0 bridgehead atoms. The highest BCUT2D eigenvalue weighted by Crippen LogP contribution is 2.30. The fourth-order valence-electron chi connectivity index (χ4n) is 3.51. The molecule has 0 aliphatic carbocycles. The number of hydrogen-bond acceptors (Lipinski definition) is 7. The number of fused-ring (bicyclic) bond motifs is 1. The fraction of sp³-hybridized carbons (Fsp3) is 0.333. The summed E-state index contributed by atoms with van der Waals surface area (Å²) in [5.41, 5.74) is 4.11. The first kappa shape index (κ1) is 15.7. The third-order valence-electron chi connectivity index (χ3n) is 4.90. The molecule has 1 saturated heterocycles. The first-order valence-corrected chi connectivity index (χ1v) is 9.63. The minimum absolute atomic E-state index is 0.561. The Hall–Kier alpha value is -2.58. The lowest BCUT2D eigenvalue weighted by atomic mass is 9.95. The molecule has 5 rings (SSSR count).